The third-order valence-corrected chi connectivity index (χ3v) is 9.15. The van der Waals surface area contributed by atoms with E-state index in [1.165, 1.54) is 0 Å². The van der Waals surface area contributed by atoms with Gasteiger partial charge in [0.1, 0.15) is 31.3 Å². The van der Waals surface area contributed by atoms with Crippen molar-refractivity contribution in [1.29, 1.82) is 0 Å². The molecule has 246 valence electrons. The molecule has 1 aromatic carbocycles. The first-order valence-electron chi connectivity index (χ1n) is 16.2. The molecule has 0 aliphatic carbocycles. The fourth-order valence-corrected chi connectivity index (χ4v) is 6.33. The van der Waals surface area contributed by atoms with E-state index in [0.717, 1.165) is 29.3 Å². The number of carbonyl (C=O) groups excluding carboxylic acids is 4. The summed E-state index contributed by atoms with van der Waals surface area (Å²) < 4.78 is 1.61. The molecule has 12 heteroatoms. The Labute approximate surface area is 264 Å². The number of rotatable bonds is 12. The van der Waals surface area contributed by atoms with Crippen molar-refractivity contribution in [2.24, 2.45) is 5.92 Å². The standard InChI is InChI=1S/C33H47N5O7/c1-4-21(2)29-33(44)37-18-12-11-16-27(37)32(43)34-24(14-7-5-6-8-17-28(39)40)30(41)35-25(31(42)36-29)19-22-20-38(45-3)26-15-10-9-13-23(22)26/h9-10,13,15,20-21,24-25,27,29H,4-8,11-12,14,16-19H2,1-3H3,(H,34,43)(H,35,41)(H,36,42)(H,39,40)/t21?,24-,25-,27+,29-/m0/s1. The number of piperidine rings is 1. The molecule has 0 spiro atoms. The Hall–Kier alpha value is -4.09. The molecule has 45 heavy (non-hydrogen) atoms. The van der Waals surface area contributed by atoms with Gasteiger partial charge in [0.2, 0.25) is 23.6 Å². The smallest absolute Gasteiger partial charge is 0.303 e. The van der Waals surface area contributed by atoms with Crippen LogP contribution in [0.4, 0.5) is 0 Å². The maximum Gasteiger partial charge on any atom is 0.303 e. The highest BCUT2D eigenvalue weighted by atomic mass is 16.6. The Bertz CT molecular complexity index is 1370. The van der Waals surface area contributed by atoms with Gasteiger partial charge in [0.15, 0.2) is 0 Å². The van der Waals surface area contributed by atoms with Gasteiger partial charge >= 0.3 is 5.97 Å². The van der Waals surface area contributed by atoms with Crippen molar-refractivity contribution in [2.75, 3.05) is 13.7 Å². The summed E-state index contributed by atoms with van der Waals surface area (Å²) in [4.78, 5) is 73.5. The van der Waals surface area contributed by atoms with Crippen LogP contribution in [0.1, 0.15) is 83.6 Å². The molecule has 2 saturated heterocycles. The highest BCUT2D eigenvalue weighted by molar-refractivity contribution is 5.98. The molecule has 0 bridgehead atoms. The van der Waals surface area contributed by atoms with Crippen LogP contribution in [0.25, 0.3) is 10.9 Å². The number of hydrogen-bond acceptors (Lipinski definition) is 6. The van der Waals surface area contributed by atoms with Crippen molar-refractivity contribution >= 4 is 40.5 Å². The van der Waals surface area contributed by atoms with Crippen LogP contribution in [0.3, 0.4) is 0 Å². The van der Waals surface area contributed by atoms with Crippen LogP contribution in [0.15, 0.2) is 30.5 Å². The van der Waals surface area contributed by atoms with E-state index in [1.807, 2.05) is 38.1 Å². The third-order valence-electron chi connectivity index (χ3n) is 9.15. The van der Waals surface area contributed by atoms with Gasteiger partial charge < -0.3 is 30.8 Å². The molecule has 0 radical (unpaired) electrons. The Morgan fingerprint density at radius 1 is 0.978 bits per heavy atom. The SMILES string of the molecule is CCC(C)[C@@H]1NC(=O)[C@H](Cc2cn(OC)c3ccccc23)NC(=O)[C@H](CCCCCCC(=O)O)NC(=O)[C@H]2CCCCN2C1=O. The van der Waals surface area contributed by atoms with Crippen LogP contribution in [-0.4, -0.2) is 82.2 Å². The van der Waals surface area contributed by atoms with E-state index in [9.17, 15) is 24.0 Å². The predicted octanol–water partition coefficient (Wildman–Crippen LogP) is 2.56. The highest BCUT2D eigenvalue weighted by Gasteiger charge is 2.40. The lowest BCUT2D eigenvalue weighted by atomic mass is 9.93. The largest absolute Gasteiger partial charge is 0.481 e. The van der Waals surface area contributed by atoms with Crippen LogP contribution in [0.2, 0.25) is 0 Å². The number of carbonyl (C=O) groups is 5. The van der Waals surface area contributed by atoms with Crippen LogP contribution >= 0.6 is 0 Å². The number of para-hydroxylation sites is 1. The average molecular weight is 626 g/mol. The van der Waals surface area contributed by atoms with Gasteiger partial charge in [0.25, 0.3) is 0 Å². The number of unbranched alkanes of at least 4 members (excludes halogenated alkanes) is 3. The summed E-state index contributed by atoms with van der Waals surface area (Å²) in [6, 6.07) is 4.07. The van der Waals surface area contributed by atoms with Crippen molar-refractivity contribution in [1.82, 2.24) is 25.6 Å². The number of benzene rings is 1. The molecule has 3 heterocycles. The molecule has 0 saturated carbocycles. The summed E-state index contributed by atoms with van der Waals surface area (Å²) in [7, 11) is 1.55. The molecular weight excluding hydrogens is 578 g/mol. The highest BCUT2D eigenvalue weighted by Crippen LogP contribution is 2.24. The number of nitrogens with zero attached hydrogens (tertiary/aromatic N) is 2. The molecule has 4 amide bonds. The minimum atomic E-state index is -1.03. The van der Waals surface area contributed by atoms with Gasteiger partial charge in [-0.25, -0.2) is 0 Å². The molecule has 12 nitrogen and oxygen atoms in total. The Balaban J connectivity index is 1.65. The second-order valence-electron chi connectivity index (χ2n) is 12.3. The Morgan fingerprint density at radius 3 is 2.42 bits per heavy atom. The van der Waals surface area contributed by atoms with E-state index in [-0.39, 0.29) is 30.6 Å². The maximum absolute atomic E-state index is 14.0. The minimum absolute atomic E-state index is 0.0834. The lowest BCUT2D eigenvalue weighted by molar-refractivity contribution is -0.147. The zero-order valence-electron chi connectivity index (χ0n) is 26.5. The number of aromatic nitrogens is 1. The van der Waals surface area contributed by atoms with E-state index >= 15 is 0 Å². The molecule has 2 aliphatic heterocycles. The fourth-order valence-electron chi connectivity index (χ4n) is 6.33. The molecule has 4 N–H and O–H groups in total. The zero-order valence-corrected chi connectivity index (χ0v) is 26.5. The van der Waals surface area contributed by atoms with Crippen LogP contribution in [0.5, 0.6) is 0 Å². The third kappa shape index (κ3) is 8.34. The van der Waals surface area contributed by atoms with Crippen LogP contribution in [-0.2, 0) is 30.4 Å². The van der Waals surface area contributed by atoms with Gasteiger partial charge in [-0.2, -0.15) is 4.73 Å². The van der Waals surface area contributed by atoms with Gasteiger partial charge in [-0.05, 0) is 49.7 Å². The van der Waals surface area contributed by atoms with Crippen molar-refractivity contribution in [2.45, 2.75) is 109 Å². The summed E-state index contributed by atoms with van der Waals surface area (Å²) in [5, 5.41) is 18.6. The zero-order chi connectivity index (χ0) is 32.5. The topological polar surface area (TPSA) is 159 Å². The lowest BCUT2D eigenvalue weighted by Crippen LogP contribution is -2.64. The molecule has 1 unspecified atom stereocenters. The first-order chi connectivity index (χ1) is 21.6. The first kappa shape index (κ1) is 33.8. The summed E-state index contributed by atoms with van der Waals surface area (Å²) in [5.41, 5.74) is 1.59. The monoisotopic (exact) mass is 625 g/mol. The number of fused-ring (bicyclic) bond motifs is 2. The minimum Gasteiger partial charge on any atom is -0.481 e. The van der Waals surface area contributed by atoms with E-state index < -0.39 is 42.0 Å². The van der Waals surface area contributed by atoms with Gasteiger partial charge in [-0.15, -0.1) is 0 Å². The number of carboxylic acids is 1. The van der Waals surface area contributed by atoms with E-state index in [2.05, 4.69) is 16.0 Å². The van der Waals surface area contributed by atoms with Crippen molar-refractivity contribution in [3.63, 3.8) is 0 Å². The number of amides is 4. The Kier molecular flexibility index (Phi) is 11.8. The molecule has 4 rings (SSSR count). The number of carboxylic acid groups (broad SMARTS) is 1. The first-order valence-corrected chi connectivity index (χ1v) is 16.2. The van der Waals surface area contributed by atoms with Gasteiger partial charge in [0, 0.05) is 31.0 Å². The molecule has 2 aliphatic rings. The summed E-state index contributed by atoms with van der Waals surface area (Å²) in [6.45, 7) is 4.26. The number of hydrogen-bond donors (Lipinski definition) is 4. The molecule has 1 aromatic heterocycles. The quantitative estimate of drug-likeness (QED) is 0.264. The second-order valence-corrected chi connectivity index (χ2v) is 12.3. The number of aliphatic carboxylic acids is 1. The lowest BCUT2D eigenvalue weighted by Gasteiger charge is -2.39. The fraction of sp³-hybridized carbons (Fsp3) is 0.606. The molecule has 2 aromatic rings. The van der Waals surface area contributed by atoms with E-state index in [0.29, 0.717) is 51.5 Å². The summed E-state index contributed by atoms with van der Waals surface area (Å²) in [5.74, 6) is -2.64. The van der Waals surface area contributed by atoms with Crippen LogP contribution in [0, 0.1) is 5.92 Å². The average Bonchev–Trinajstić information content (AvgIpc) is 3.40. The van der Waals surface area contributed by atoms with Crippen molar-refractivity contribution < 1.29 is 33.9 Å². The summed E-state index contributed by atoms with van der Waals surface area (Å²) >= 11 is 0. The van der Waals surface area contributed by atoms with Crippen molar-refractivity contribution in [3.05, 3.63) is 36.0 Å². The van der Waals surface area contributed by atoms with Gasteiger partial charge in [-0.1, -0.05) is 57.7 Å². The predicted molar refractivity (Wildman–Crippen MR) is 168 cm³/mol. The molecule has 2 fully saturated rings. The molecular formula is C33H47N5O7. The van der Waals surface area contributed by atoms with Crippen molar-refractivity contribution in [3.8, 4) is 0 Å². The summed E-state index contributed by atoms with van der Waals surface area (Å²) in [6.07, 6.45) is 7.46. The van der Waals surface area contributed by atoms with E-state index in [4.69, 9.17) is 9.94 Å². The van der Waals surface area contributed by atoms with Gasteiger partial charge in [0.05, 0.1) is 5.52 Å². The van der Waals surface area contributed by atoms with Gasteiger partial charge in [-0.3, -0.25) is 24.0 Å². The number of nitrogens with one attached hydrogen (secondary N) is 3. The second kappa shape index (κ2) is 15.8. The maximum atomic E-state index is 14.0. The Morgan fingerprint density at radius 2 is 1.69 bits per heavy atom. The normalized spacial score (nSPS) is 23.7. The molecule has 5 atom stereocenters. The van der Waals surface area contributed by atoms with Crippen LogP contribution < -0.4 is 20.8 Å². The van der Waals surface area contributed by atoms with E-state index in [1.54, 1.807) is 22.9 Å².